The number of aliphatic imine (C=N–C) groups is 1. The summed E-state index contributed by atoms with van der Waals surface area (Å²) in [6.45, 7) is 10.1. The van der Waals surface area contributed by atoms with Crippen molar-refractivity contribution in [3.63, 3.8) is 0 Å². The van der Waals surface area contributed by atoms with E-state index in [2.05, 4.69) is 5.16 Å². The van der Waals surface area contributed by atoms with Crippen molar-refractivity contribution in [2.45, 2.75) is 73.1 Å². The van der Waals surface area contributed by atoms with E-state index in [0.717, 1.165) is 5.56 Å². The predicted molar refractivity (Wildman–Crippen MR) is 127 cm³/mol. The number of aliphatic hydroxyl groups excluding tert-OH is 1. The molecule has 0 spiro atoms. The summed E-state index contributed by atoms with van der Waals surface area (Å²) in [6, 6.07) is 7.72. The van der Waals surface area contributed by atoms with Gasteiger partial charge in [-0.2, -0.15) is 0 Å². The third-order valence-electron chi connectivity index (χ3n) is 6.43. The molecule has 1 aromatic heterocycles. The maximum Gasteiger partial charge on any atom is 0.168 e. The van der Waals surface area contributed by atoms with Crippen molar-refractivity contribution in [2.24, 2.45) is 15.8 Å². The fraction of sp³-hybridized carbons (Fsp3) is 0.481. The van der Waals surface area contributed by atoms with Crippen molar-refractivity contribution in [3.05, 3.63) is 58.2 Å². The minimum Gasteiger partial charge on any atom is -0.511 e. The van der Waals surface area contributed by atoms with E-state index < -0.39 is 0 Å². The second-order valence-electron chi connectivity index (χ2n) is 11.0. The standard InChI is InChI=1S/C27H32N2O4/c1-16-6-8-17(9-7-16)28-18(24-20(30)12-26(2,3)13-21(24)31)10-11-19-25-22(32)14-27(4,5)15-23(25)33-29-19/h6-9,30H,10-15H2,1-5H3. The highest BCUT2D eigenvalue weighted by atomic mass is 16.5. The highest BCUT2D eigenvalue weighted by Crippen LogP contribution is 2.38. The smallest absolute Gasteiger partial charge is 0.168 e. The molecule has 1 N–H and O–H groups in total. The first-order valence-electron chi connectivity index (χ1n) is 11.5. The van der Waals surface area contributed by atoms with Crippen LogP contribution in [0.5, 0.6) is 0 Å². The molecule has 1 heterocycles. The minimum atomic E-state index is -0.288. The van der Waals surface area contributed by atoms with E-state index in [1.54, 1.807) is 0 Å². The number of hydrogen-bond acceptors (Lipinski definition) is 6. The zero-order chi connectivity index (χ0) is 24.0. The molecule has 6 nitrogen and oxygen atoms in total. The Bertz CT molecular complexity index is 1160. The second-order valence-corrected chi connectivity index (χ2v) is 11.0. The van der Waals surface area contributed by atoms with Crippen LogP contribution in [0.15, 0.2) is 45.1 Å². The molecule has 0 saturated carbocycles. The number of rotatable bonds is 5. The Morgan fingerprint density at radius 3 is 2.30 bits per heavy atom. The molecule has 0 saturated heterocycles. The number of carbonyl (C=O) groups is 2. The van der Waals surface area contributed by atoms with Gasteiger partial charge in [0, 0.05) is 25.7 Å². The van der Waals surface area contributed by atoms with Gasteiger partial charge in [0.2, 0.25) is 0 Å². The maximum absolute atomic E-state index is 13.0. The Balaban J connectivity index is 1.68. The molecule has 1 aromatic carbocycles. The van der Waals surface area contributed by atoms with Gasteiger partial charge in [-0.25, -0.2) is 0 Å². The Labute approximate surface area is 194 Å². The van der Waals surface area contributed by atoms with Gasteiger partial charge >= 0.3 is 0 Å². The topological polar surface area (TPSA) is 92.8 Å². The lowest BCUT2D eigenvalue weighted by molar-refractivity contribution is -0.118. The van der Waals surface area contributed by atoms with Crippen molar-refractivity contribution < 1.29 is 19.2 Å². The molecular weight excluding hydrogens is 416 g/mol. The maximum atomic E-state index is 13.0. The number of nitrogens with zero attached hydrogens (tertiary/aromatic N) is 2. The van der Waals surface area contributed by atoms with E-state index in [0.29, 0.717) is 72.5 Å². The van der Waals surface area contributed by atoms with Gasteiger partial charge in [0.15, 0.2) is 11.6 Å². The molecule has 0 radical (unpaired) electrons. The summed E-state index contributed by atoms with van der Waals surface area (Å²) < 4.78 is 5.53. The van der Waals surface area contributed by atoms with Crippen LogP contribution >= 0.6 is 0 Å². The molecule has 0 bridgehead atoms. The highest BCUT2D eigenvalue weighted by Gasteiger charge is 2.37. The number of aryl methyl sites for hydroxylation is 2. The van der Waals surface area contributed by atoms with Gasteiger partial charge in [-0.05, 0) is 42.7 Å². The summed E-state index contributed by atoms with van der Waals surface area (Å²) >= 11 is 0. The SMILES string of the molecule is Cc1ccc(N=C(CCc2noc3c2C(=O)CC(C)(C)C3)C2=C(O)CC(C)(C)CC2=O)cc1. The number of hydrogen-bond donors (Lipinski definition) is 1. The molecule has 2 aliphatic carbocycles. The quantitative estimate of drug-likeness (QED) is 0.563. The molecule has 33 heavy (non-hydrogen) atoms. The summed E-state index contributed by atoms with van der Waals surface area (Å²) in [4.78, 5) is 30.6. The van der Waals surface area contributed by atoms with Crippen LogP contribution in [0.1, 0.15) is 80.8 Å². The first kappa shape index (κ1) is 23.1. The van der Waals surface area contributed by atoms with Gasteiger partial charge < -0.3 is 9.63 Å². The Morgan fingerprint density at radius 1 is 1.00 bits per heavy atom. The Morgan fingerprint density at radius 2 is 1.64 bits per heavy atom. The Hall–Kier alpha value is -3.02. The van der Waals surface area contributed by atoms with Gasteiger partial charge in [0.25, 0.3) is 0 Å². The molecule has 174 valence electrons. The van der Waals surface area contributed by atoms with E-state index in [1.807, 2.05) is 58.9 Å². The molecule has 0 fully saturated rings. The third kappa shape index (κ3) is 5.00. The van der Waals surface area contributed by atoms with Crippen LogP contribution in [0, 0.1) is 17.8 Å². The summed E-state index contributed by atoms with van der Waals surface area (Å²) in [5.74, 6) is 0.671. The number of ketones is 2. The molecular formula is C27H32N2O4. The minimum absolute atomic E-state index is 0.0482. The van der Waals surface area contributed by atoms with E-state index in [9.17, 15) is 14.7 Å². The van der Waals surface area contributed by atoms with Crippen molar-refractivity contribution in [3.8, 4) is 0 Å². The van der Waals surface area contributed by atoms with Crippen LogP contribution in [0.2, 0.25) is 0 Å². The predicted octanol–water partition coefficient (Wildman–Crippen LogP) is 6.04. The fourth-order valence-electron chi connectivity index (χ4n) is 4.85. The van der Waals surface area contributed by atoms with Crippen molar-refractivity contribution in [2.75, 3.05) is 0 Å². The second kappa shape index (κ2) is 8.40. The van der Waals surface area contributed by atoms with E-state index in [1.165, 1.54) is 0 Å². The van der Waals surface area contributed by atoms with Crippen LogP contribution in [0.3, 0.4) is 0 Å². The van der Waals surface area contributed by atoms with Crippen LogP contribution < -0.4 is 0 Å². The lowest BCUT2D eigenvalue weighted by Gasteiger charge is -2.30. The van der Waals surface area contributed by atoms with Crippen LogP contribution in [-0.2, 0) is 17.6 Å². The highest BCUT2D eigenvalue weighted by molar-refractivity contribution is 6.23. The molecule has 0 amide bonds. The largest absolute Gasteiger partial charge is 0.511 e. The number of fused-ring (bicyclic) bond motifs is 1. The van der Waals surface area contributed by atoms with Crippen LogP contribution in [0.4, 0.5) is 5.69 Å². The average Bonchev–Trinajstić information content (AvgIpc) is 3.07. The van der Waals surface area contributed by atoms with Crippen molar-refractivity contribution >= 4 is 23.0 Å². The molecule has 0 atom stereocenters. The number of carbonyl (C=O) groups excluding carboxylic acids is 2. The lowest BCUT2D eigenvalue weighted by atomic mass is 9.74. The summed E-state index contributed by atoms with van der Waals surface area (Å²) in [7, 11) is 0. The normalized spacial score (nSPS) is 20.2. The molecule has 4 rings (SSSR count). The number of Topliss-reactive ketones (excluding diaryl/α,β-unsaturated/α-hetero) is 2. The Kier molecular flexibility index (Phi) is 5.89. The third-order valence-corrected chi connectivity index (χ3v) is 6.43. The zero-order valence-electron chi connectivity index (χ0n) is 20.1. The molecule has 2 aromatic rings. The van der Waals surface area contributed by atoms with Gasteiger partial charge in [-0.15, -0.1) is 0 Å². The summed E-state index contributed by atoms with van der Waals surface area (Å²) in [5.41, 5.74) is 3.42. The first-order chi connectivity index (χ1) is 15.4. The van der Waals surface area contributed by atoms with Gasteiger partial charge in [0.1, 0.15) is 11.5 Å². The van der Waals surface area contributed by atoms with E-state index in [4.69, 9.17) is 9.52 Å². The molecule has 2 aliphatic rings. The summed E-state index contributed by atoms with van der Waals surface area (Å²) in [6.07, 6.45) is 2.68. The molecule has 0 aliphatic heterocycles. The fourth-order valence-corrected chi connectivity index (χ4v) is 4.85. The van der Waals surface area contributed by atoms with E-state index in [-0.39, 0.29) is 28.2 Å². The number of allylic oxidation sites excluding steroid dienone is 2. The monoisotopic (exact) mass is 448 g/mol. The van der Waals surface area contributed by atoms with Crippen molar-refractivity contribution in [1.29, 1.82) is 0 Å². The van der Waals surface area contributed by atoms with E-state index >= 15 is 0 Å². The van der Waals surface area contributed by atoms with Gasteiger partial charge in [-0.3, -0.25) is 14.6 Å². The van der Waals surface area contributed by atoms with Crippen LogP contribution in [-0.4, -0.2) is 27.5 Å². The number of aromatic nitrogens is 1. The molecule has 6 heteroatoms. The lowest BCUT2D eigenvalue weighted by Crippen LogP contribution is -2.29. The first-order valence-corrected chi connectivity index (χ1v) is 11.5. The zero-order valence-corrected chi connectivity index (χ0v) is 20.1. The summed E-state index contributed by atoms with van der Waals surface area (Å²) in [5, 5.41) is 15.0. The van der Waals surface area contributed by atoms with Crippen LogP contribution in [0.25, 0.3) is 0 Å². The van der Waals surface area contributed by atoms with Gasteiger partial charge in [-0.1, -0.05) is 50.5 Å². The van der Waals surface area contributed by atoms with Gasteiger partial charge in [0.05, 0.1) is 28.2 Å². The average molecular weight is 449 g/mol. The number of benzene rings is 1. The molecule has 0 unspecified atom stereocenters. The van der Waals surface area contributed by atoms with Crippen molar-refractivity contribution in [1.82, 2.24) is 5.16 Å². The number of aliphatic hydroxyl groups is 1.